The van der Waals surface area contributed by atoms with E-state index in [1.54, 1.807) is 17.8 Å². The Balaban J connectivity index is 1.94. The van der Waals surface area contributed by atoms with Gasteiger partial charge in [-0.2, -0.15) is 0 Å². The number of primary amides is 1. The number of hydrogen-bond donors (Lipinski definition) is 2. The molecule has 138 valence electrons. The molecule has 1 aromatic carbocycles. The topological polar surface area (TPSA) is 81.4 Å². The number of ether oxygens (including phenoxy) is 1. The third-order valence-electron chi connectivity index (χ3n) is 4.64. The molecule has 3 rings (SSSR count). The monoisotopic (exact) mass is 390 g/mol. The van der Waals surface area contributed by atoms with E-state index in [9.17, 15) is 9.59 Å². The molecule has 0 aliphatic heterocycles. The zero-order valence-electron chi connectivity index (χ0n) is 15.0. The molecule has 1 aliphatic carbocycles. The van der Waals surface area contributed by atoms with Crippen molar-refractivity contribution in [3.8, 4) is 5.75 Å². The molecule has 7 heteroatoms. The maximum absolute atomic E-state index is 12.8. The molecule has 26 heavy (non-hydrogen) atoms. The summed E-state index contributed by atoms with van der Waals surface area (Å²) in [5, 5.41) is 3.42. The van der Waals surface area contributed by atoms with Gasteiger partial charge < -0.3 is 15.8 Å². The van der Waals surface area contributed by atoms with Gasteiger partial charge in [-0.25, -0.2) is 0 Å². The van der Waals surface area contributed by atoms with Gasteiger partial charge in [0.25, 0.3) is 11.8 Å². The van der Waals surface area contributed by atoms with Crippen LogP contribution < -0.4 is 15.8 Å². The predicted octanol–water partition coefficient (Wildman–Crippen LogP) is 3.95. The van der Waals surface area contributed by atoms with E-state index < -0.39 is 5.91 Å². The van der Waals surface area contributed by atoms with Gasteiger partial charge in [-0.1, -0.05) is 6.92 Å². The van der Waals surface area contributed by atoms with E-state index in [1.807, 2.05) is 18.4 Å². The highest BCUT2D eigenvalue weighted by molar-refractivity contribution is 7.98. The molecule has 0 bridgehead atoms. The molecular formula is C19H22N2O3S2. The highest BCUT2D eigenvalue weighted by Gasteiger charge is 2.27. The second kappa shape index (κ2) is 7.72. The second-order valence-corrected chi connectivity index (χ2v) is 8.43. The van der Waals surface area contributed by atoms with Crippen LogP contribution in [-0.4, -0.2) is 25.2 Å². The lowest BCUT2D eigenvalue weighted by Gasteiger charge is -2.18. The average Bonchev–Trinajstić information content (AvgIpc) is 2.97. The van der Waals surface area contributed by atoms with Gasteiger partial charge in [-0.3, -0.25) is 9.59 Å². The number of methoxy groups -OCH3 is 1. The molecule has 0 spiro atoms. The van der Waals surface area contributed by atoms with Gasteiger partial charge in [0.15, 0.2) is 0 Å². The number of fused-ring (bicyclic) bond motifs is 1. The Hall–Kier alpha value is -1.99. The van der Waals surface area contributed by atoms with Crippen LogP contribution in [0.15, 0.2) is 23.1 Å². The number of thiophene rings is 1. The van der Waals surface area contributed by atoms with Crippen molar-refractivity contribution in [1.82, 2.24) is 0 Å². The van der Waals surface area contributed by atoms with Crippen LogP contribution >= 0.6 is 23.1 Å². The molecular weight excluding hydrogens is 368 g/mol. The van der Waals surface area contributed by atoms with Gasteiger partial charge in [0.2, 0.25) is 0 Å². The van der Waals surface area contributed by atoms with Gasteiger partial charge in [0, 0.05) is 9.77 Å². The second-order valence-electron chi connectivity index (χ2n) is 6.44. The third-order valence-corrected chi connectivity index (χ3v) is 6.53. The predicted molar refractivity (Wildman–Crippen MR) is 107 cm³/mol. The average molecular weight is 391 g/mol. The van der Waals surface area contributed by atoms with Crippen molar-refractivity contribution >= 4 is 39.9 Å². The summed E-state index contributed by atoms with van der Waals surface area (Å²) in [7, 11) is 1.54. The molecule has 0 radical (unpaired) electrons. The van der Waals surface area contributed by atoms with Crippen LogP contribution in [0.3, 0.4) is 0 Å². The zero-order chi connectivity index (χ0) is 18.8. The van der Waals surface area contributed by atoms with Crippen molar-refractivity contribution in [2.75, 3.05) is 18.7 Å². The van der Waals surface area contributed by atoms with E-state index >= 15 is 0 Å². The van der Waals surface area contributed by atoms with Gasteiger partial charge in [-0.15, -0.1) is 23.1 Å². The Morgan fingerprint density at radius 1 is 1.38 bits per heavy atom. The first-order valence-corrected chi connectivity index (χ1v) is 10.5. The lowest BCUT2D eigenvalue weighted by atomic mass is 9.88. The number of anilines is 1. The van der Waals surface area contributed by atoms with Crippen molar-refractivity contribution in [2.45, 2.75) is 31.1 Å². The molecule has 2 aromatic rings. The van der Waals surface area contributed by atoms with Gasteiger partial charge >= 0.3 is 0 Å². The maximum atomic E-state index is 12.8. The lowest BCUT2D eigenvalue weighted by molar-refractivity contribution is 0.1000. The fourth-order valence-corrected chi connectivity index (χ4v) is 5.10. The first-order chi connectivity index (χ1) is 12.4. The summed E-state index contributed by atoms with van der Waals surface area (Å²) in [4.78, 5) is 27.0. The minimum atomic E-state index is -0.489. The minimum Gasteiger partial charge on any atom is -0.496 e. The van der Waals surface area contributed by atoms with Crippen LogP contribution in [0.4, 0.5) is 5.00 Å². The van der Waals surface area contributed by atoms with Crippen LogP contribution in [0, 0.1) is 5.92 Å². The molecule has 0 saturated heterocycles. The SMILES string of the molecule is COc1cc(SC)ccc1C(=O)Nc1sc2c(c1C(N)=O)CC[C@@H](C)C2. The van der Waals surface area contributed by atoms with E-state index in [1.165, 1.54) is 18.4 Å². The summed E-state index contributed by atoms with van der Waals surface area (Å²) in [6, 6.07) is 5.44. The van der Waals surface area contributed by atoms with Crippen LogP contribution in [0.25, 0.3) is 0 Å². The highest BCUT2D eigenvalue weighted by Crippen LogP contribution is 2.40. The Kier molecular flexibility index (Phi) is 5.58. The van der Waals surface area contributed by atoms with Gasteiger partial charge in [0.05, 0.1) is 18.2 Å². The Morgan fingerprint density at radius 3 is 2.81 bits per heavy atom. The summed E-state index contributed by atoms with van der Waals surface area (Å²) in [5.74, 6) is 0.287. The van der Waals surface area contributed by atoms with Crippen molar-refractivity contribution < 1.29 is 14.3 Å². The molecule has 3 N–H and O–H groups in total. The van der Waals surface area contributed by atoms with Gasteiger partial charge in [0.1, 0.15) is 10.8 Å². The maximum Gasteiger partial charge on any atom is 0.260 e. The molecule has 1 atom stereocenters. The van der Waals surface area contributed by atoms with Crippen LogP contribution in [-0.2, 0) is 12.8 Å². The quantitative estimate of drug-likeness (QED) is 0.757. The molecule has 5 nitrogen and oxygen atoms in total. The fraction of sp³-hybridized carbons (Fsp3) is 0.368. The number of amides is 2. The Bertz CT molecular complexity index is 861. The third kappa shape index (κ3) is 3.59. The summed E-state index contributed by atoms with van der Waals surface area (Å²) in [5.41, 5.74) is 7.51. The summed E-state index contributed by atoms with van der Waals surface area (Å²) in [6.07, 6.45) is 4.74. The fourth-order valence-electron chi connectivity index (χ4n) is 3.26. The first kappa shape index (κ1) is 18.8. The first-order valence-electron chi connectivity index (χ1n) is 8.42. The van der Waals surface area contributed by atoms with E-state index in [2.05, 4.69) is 12.2 Å². The normalized spacial score (nSPS) is 16.0. The lowest BCUT2D eigenvalue weighted by Crippen LogP contribution is -2.19. The summed E-state index contributed by atoms with van der Waals surface area (Å²) < 4.78 is 5.36. The molecule has 0 saturated carbocycles. The smallest absolute Gasteiger partial charge is 0.260 e. The van der Waals surface area contributed by atoms with E-state index in [4.69, 9.17) is 10.5 Å². The van der Waals surface area contributed by atoms with E-state index in [0.717, 1.165) is 34.6 Å². The number of carbonyl (C=O) groups excluding carboxylic acids is 2. The summed E-state index contributed by atoms with van der Waals surface area (Å²) >= 11 is 3.04. The number of hydrogen-bond acceptors (Lipinski definition) is 5. The van der Waals surface area contributed by atoms with Crippen molar-refractivity contribution in [1.29, 1.82) is 0 Å². The van der Waals surface area contributed by atoms with Crippen molar-refractivity contribution in [2.24, 2.45) is 11.7 Å². The number of benzene rings is 1. The standard InChI is InChI=1S/C19H22N2O3S2/c1-10-4-6-13-15(8-10)26-19(16(13)17(20)22)21-18(23)12-7-5-11(25-3)9-14(12)24-2/h5,7,9-10H,4,6,8H2,1-3H3,(H2,20,22)(H,21,23)/t10-/m1/s1. The molecule has 0 fully saturated rings. The number of thioether (sulfide) groups is 1. The molecule has 1 aliphatic rings. The van der Waals surface area contributed by atoms with Crippen molar-refractivity contribution in [3.05, 3.63) is 39.8 Å². The van der Waals surface area contributed by atoms with Crippen molar-refractivity contribution in [3.63, 3.8) is 0 Å². The molecule has 2 amide bonds. The van der Waals surface area contributed by atoms with E-state index in [0.29, 0.717) is 27.8 Å². The number of rotatable bonds is 5. The minimum absolute atomic E-state index is 0.302. The van der Waals surface area contributed by atoms with Crippen LogP contribution in [0.2, 0.25) is 0 Å². The number of nitrogens with two attached hydrogens (primary N) is 1. The van der Waals surface area contributed by atoms with Crippen LogP contribution in [0.1, 0.15) is 44.5 Å². The molecule has 0 unspecified atom stereocenters. The van der Waals surface area contributed by atoms with Gasteiger partial charge in [-0.05, 0) is 55.2 Å². The van der Waals surface area contributed by atoms with E-state index in [-0.39, 0.29) is 5.91 Å². The zero-order valence-corrected chi connectivity index (χ0v) is 16.7. The highest BCUT2D eigenvalue weighted by atomic mass is 32.2. The summed E-state index contributed by atoms with van der Waals surface area (Å²) in [6.45, 7) is 2.20. The number of nitrogens with one attached hydrogen (secondary N) is 1. The molecule has 1 heterocycles. The molecule has 1 aromatic heterocycles. The Labute approximate surface area is 161 Å². The number of carbonyl (C=O) groups is 2. The Morgan fingerprint density at radius 2 is 2.15 bits per heavy atom. The largest absolute Gasteiger partial charge is 0.496 e. The van der Waals surface area contributed by atoms with Crippen LogP contribution in [0.5, 0.6) is 5.75 Å².